The minimum Gasteiger partial charge on any atom is -0.366 e. The average Bonchev–Trinajstić information content (AvgIpc) is 2.82. The van der Waals surface area contributed by atoms with Crippen LogP contribution < -0.4 is 16.8 Å². The maximum Gasteiger partial charge on any atom is 0.248 e. The van der Waals surface area contributed by atoms with Crippen molar-refractivity contribution in [3.05, 3.63) is 23.9 Å². The van der Waals surface area contributed by atoms with Gasteiger partial charge in [0, 0.05) is 23.8 Å². The number of hydrogen-bond acceptors (Lipinski definition) is 4. The number of carbonyl (C=O) groups excluding carboxylic acids is 1. The smallest absolute Gasteiger partial charge is 0.248 e. The van der Waals surface area contributed by atoms with Crippen LogP contribution in [0.4, 0.5) is 5.82 Å². The number of primary amides is 1. The predicted octanol–water partition coefficient (Wildman–Crippen LogP) is -0.308. The van der Waals surface area contributed by atoms with E-state index in [1.54, 1.807) is 18.3 Å². The Balaban J connectivity index is 2.10. The zero-order valence-corrected chi connectivity index (χ0v) is 7.60. The summed E-state index contributed by atoms with van der Waals surface area (Å²) >= 11 is 0. The summed E-state index contributed by atoms with van der Waals surface area (Å²) in [5.41, 5.74) is 11.2. The molecule has 1 saturated carbocycles. The summed E-state index contributed by atoms with van der Waals surface area (Å²) in [6.45, 7) is 0. The molecule has 1 aromatic rings. The minimum absolute atomic E-state index is 0.203. The van der Waals surface area contributed by atoms with Gasteiger partial charge in [-0.15, -0.1) is 0 Å². The van der Waals surface area contributed by atoms with Crippen LogP contribution in [0.25, 0.3) is 0 Å². The van der Waals surface area contributed by atoms with Crippen molar-refractivity contribution in [3.63, 3.8) is 0 Å². The number of carbonyl (C=O) groups is 1. The second-order valence-corrected chi connectivity index (χ2v) is 3.44. The first kappa shape index (κ1) is 8.96. The molecule has 5 heteroatoms. The number of nitrogens with two attached hydrogens (primary N) is 2. The molecular weight excluding hydrogens is 180 g/mol. The van der Waals surface area contributed by atoms with Gasteiger partial charge in [-0.1, -0.05) is 0 Å². The van der Waals surface area contributed by atoms with Gasteiger partial charge in [-0.05, 0) is 18.6 Å². The number of pyridine rings is 1. The summed E-state index contributed by atoms with van der Waals surface area (Å²) in [5, 5.41) is 3.12. The highest BCUT2D eigenvalue weighted by molar-refractivity contribution is 5.93. The van der Waals surface area contributed by atoms with E-state index in [-0.39, 0.29) is 12.1 Å². The van der Waals surface area contributed by atoms with Crippen LogP contribution in [0.15, 0.2) is 18.3 Å². The SMILES string of the molecule is NC(=O)c1ccnc(NC2CC2N)c1. The van der Waals surface area contributed by atoms with Crippen molar-refractivity contribution < 1.29 is 4.79 Å². The summed E-state index contributed by atoms with van der Waals surface area (Å²) < 4.78 is 0. The molecule has 1 heterocycles. The molecule has 0 radical (unpaired) electrons. The van der Waals surface area contributed by atoms with Crippen LogP contribution in [0.1, 0.15) is 16.8 Å². The van der Waals surface area contributed by atoms with Gasteiger partial charge in [-0.25, -0.2) is 4.98 Å². The van der Waals surface area contributed by atoms with Crippen molar-refractivity contribution in [2.75, 3.05) is 5.32 Å². The Kier molecular flexibility index (Phi) is 2.09. The lowest BCUT2D eigenvalue weighted by atomic mass is 10.2. The fourth-order valence-corrected chi connectivity index (χ4v) is 1.23. The fraction of sp³-hybridized carbons (Fsp3) is 0.333. The molecule has 0 bridgehead atoms. The number of anilines is 1. The van der Waals surface area contributed by atoms with Crippen LogP contribution in [0.3, 0.4) is 0 Å². The Morgan fingerprint density at radius 2 is 2.36 bits per heavy atom. The predicted molar refractivity (Wildman–Crippen MR) is 52.8 cm³/mol. The van der Waals surface area contributed by atoms with Crippen LogP contribution in [0.5, 0.6) is 0 Å². The second kappa shape index (κ2) is 3.26. The molecule has 0 aliphatic heterocycles. The topological polar surface area (TPSA) is 94.0 Å². The van der Waals surface area contributed by atoms with Gasteiger partial charge in [0.25, 0.3) is 0 Å². The normalized spacial score (nSPS) is 24.4. The summed E-state index contributed by atoms with van der Waals surface area (Å²) in [4.78, 5) is 14.9. The Morgan fingerprint density at radius 3 is 2.93 bits per heavy atom. The minimum atomic E-state index is -0.449. The van der Waals surface area contributed by atoms with Crippen molar-refractivity contribution in [1.29, 1.82) is 0 Å². The van der Waals surface area contributed by atoms with E-state index in [0.717, 1.165) is 6.42 Å². The van der Waals surface area contributed by atoms with E-state index in [9.17, 15) is 4.79 Å². The van der Waals surface area contributed by atoms with E-state index in [4.69, 9.17) is 11.5 Å². The van der Waals surface area contributed by atoms with Crippen LogP contribution in [0.2, 0.25) is 0 Å². The van der Waals surface area contributed by atoms with Gasteiger partial charge in [0.2, 0.25) is 5.91 Å². The van der Waals surface area contributed by atoms with E-state index in [1.807, 2.05) is 0 Å². The molecule has 1 fully saturated rings. The average molecular weight is 192 g/mol. The molecule has 5 nitrogen and oxygen atoms in total. The summed E-state index contributed by atoms with van der Waals surface area (Å²) in [6, 6.07) is 3.70. The molecule has 0 saturated heterocycles. The Bertz CT molecular complexity index is 366. The Labute approximate surface area is 81.5 Å². The number of hydrogen-bond donors (Lipinski definition) is 3. The molecule has 1 aliphatic carbocycles. The van der Waals surface area contributed by atoms with Crippen molar-refractivity contribution in [1.82, 2.24) is 4.98 Å². The molecule has 0 spiro atoms. The van der Waals surface area contributed by atoms with Gasteiger partial charge in [-0.2, -0.15) is 0 Å². The maximum absolute atomic E-state index is 10.9. The lowest BCUT2D eigenvalue weighted by Crippen LogP contribution is -2.15. The highest BCUT2D eigenvalue weighted by atomic mass is 16.1. The third-order valence-corrected chi connectivity index (χ3v) is 2.22. The summed E-state index contributed by atoms with van der Waals surface area (Å²) in [6.07, 6.45) is 2.50. The molecule has 14 heavy (non-hydrogen) atoms. The third-order valence-electron chi connectivity index (χ3n) is 2.22. The van der Waals surface area contributed by atoms with Gasteiger partial charge in [0.05, 0.1) is 0 Å². The number of rotatable bonds is 3. The van der Waals surface area contributed by atoms with E-state index in [0.29, 0.717) is 11.4 Å². The van der Waals surface area contributed by atoms with Gasteiger partial charge >= 0.3 is 0 Å². The standard InChI is InChI=1S/C9H12N4O/c10-6-4-7(6)13-8-3-5(9(11)14)1-2-12-8/h1-3,6-7H,4,10H2,(H2,11,14)(H,12,13). The van der Waals surface area contributed by atoms with E-state index >= 15 is 0 Å². The highest BCUT2D eigenvalue weighted by Crippen LogP contribution is 2.22. The molecular formula is C9H12N4O. The fourth-order valence-electron chi connectivity index (χ4n) is 1.23. The van der Waals surface area contributed by atoms with Crippen molar-refractivity contribution >= 4 is 11.7 Å². The lowest BCUT2D eigenvalue weighted by Gasteiger charge is -2.04. The molecule has 1 aliphatic rings. The molecule has 2 rings (SSSR count). The quantitative estimate of drug-likeness (QED) is 0.612. The molecule has 2 atom stereocenters. The van der Waals surface area contributed by atoms with E-state index in [1.165, 1.54) is 0 Å². The molecule has 0 aromatic carbocycles. The zero-order chi connectivity index (χ0) is 10.1. The number of amides is 1. The van der Waals surface area contributed by atoms with E-state index in [2.05, 4.69) is 10.3 Å². The van der Waals surface area contributed by atoms with Gasteiger partial charge < -0.3 is 16.8 Å². The molecule has 74 valence electrons. The van der Waals surface area contributed by atoms with Gasteiger partial charge in [-0.3, -0.25) is 4.79 Å². The summed E-state index contributed by atoms with van der Waals surface area (Å²) in [5.74, 6) is 0.204. The monoisotopic (exact) mass is 192 g/mol. The Hall–Kier alpha value is -1.62. The van der Waals surface area contributed by atoms with Crippen molar-refractivity contribution in [2.45, 2.75) is 18.5 Å². The molecule has 1 aromatic heterocycles. The van der Waals surface area contributed by atoms with Crippen LogP contribution in [-0.2, 0) is 0 Å². The maximum atomic E-state index is 10.9. The first-order chi connectivity index (χ1) is 6.66. The Morgan fingerprint density at radius 1 is 1.64 bits per heavy atom. The number of nitrogens with one attached hydrogen (secondary N) is 1. The lowest BCUT2D eigenvalue weighted by molar-refractivity contribution is 0.1000. The van der Waals surface area contributed by atoms with Crippen LogP contribution >= 0.6 is 0 Å². The van der Waals surface area contributed by atoms with E-state index < -0.39 is 5.91 Å². The van der Waals surface area contributed by atoms with Crippen molar-refractivity contribution in [2.24, 2.45) is 11.5 Å². The zero-order valence-electron chi connectivity index (χ0n) is 7.60. The second-order valence-electron chi connectivity index (χ2n) is 3.44. The third kappa shape index (κ3) is 1.82. The first-order valence-corrected chi connectivity index (χ1v) is 4.45. The van der Waals surface area contributed by atoms with Crippen molar-refractivity contribution in [3.8, 4) is 0 Å². The van der Waals surface area contributed by atoms with Gasteiger partial charge in [0.15, 0.2) is 0 Å². The van der Waals surface area contributed by atoms with Crippen LogP contribution in [-0.4, -0.2) is 23.0 Å². The molecule has 1 amide bonds. The largest absolute Gasteiger partial charge is 0.366 e. The molecule has 5 N–H and O–H groups in total. The number of aromatic nitrogens is 1. The first-order valence-electron chi connectivity index (χ1n) is 4.45. The summed E-state index contributed by atoms with van der Waals surface area (Å²) in [7, 11) is 0. The highest BCUT2D eigenvalue weighted by Gasteiger charge is 2.33. The van der Waals surface area contributed by atoms with Crippen LogP contribution in [0, 0.1) is 0 Å². The van der Waals surface area contributed by atoms with Gasteiger partial charge in [0.1, 0.15) is 5.82 Å². The number of nitrogens with zero attached hydrogens (tertiary/aromatic N) is 1. The molecule has 2 unspecified atom stereocenters.